The lowest BCUT2D eigenvalue weighted by atomic mass is 9.60. The van der Waals surface area contributed by atoms with E-state index in [0.29, 0.717) is 22.8 Å². The standard InChI is InChI=1S/C25H32O4/c1-24(2)12-11-18(24)16-7-9-19(26-5)21(13-16)29-22-14-17(8-10-20(22)27-6)23-25(3,4)15-28-23/h7-10,13-14,18,23H,11-12,15H2,1-6H3. The van der Waals surface area contributed by atoms with Crippen molar-refractivity contribution in [2.75, 3.05) is 20.8 Å². The second-order valence-corrected chi connectivity index (χ2v) is 9.68. The Kier molecular flexibility index (Phi) is 5.02. The predicted molar refractivity (Wildman–Crippen MR) is 114 cm³/mol. The maximum Gasteiger partial charge on any atom is 0.169 e. The van der Waals surface area contributed by atoms with Crippen molar-refractivity contribution >= 4 is 0 Å². The lowest BCUT2D eigenvalue weighted by Crippen LogP contribution is -2.40. The molecule has 1 heterocycles. The van der Waals surface area contributed by atoms with Crippen molar-refractivity contribution in [1.29, 1.82) is 0 Å². The molecular weight excluding hydrogens is 364 g/mol. The van der Waals surface area contributed by atoms with Crippen LogP contribution in [-0.4, -0.2) is 20.8 Å². The third kappa shape index (κ3) is 3.59. The molecule has 156 valence electrons. The summed E-state index contributed by atoms with van der Waals surface area (Å²) in [5.41, 5.74) is 2.86. The van der Waals surface area contributed by atoms with Crippen LogP contribution in [0.2, 0.25) is 0 Å². The molecular formula is C25H32O4. The highest BCUT2D eigenvalue weighted by Gasteiger charge is 2.41. The number of hydrogen-bond donors (Lipinski definition) is 0. The summed E-state index contributed by atoms with van der Waals surface area (Å²) in [7, 11) is 3.34. The Bertz CT molecular complexity index is 826. The molecule has 2 aromatic carbocycles. The first-order chi connectivity index (χ1) is 13.7. The monoisotopic (exact) mass is 396 g/mol. The molecule has 0 N–H and O–H groups in total. The van der Waals surface area contributed by atoms with Crippen LogP contribution in [0.15, 0.2) is 36.4 Å². The lowest BCUT2D eigenvalue weighted by molar-refractivity contribution is -0.172. The molecule has 0 radical (unpaired) electrons. The molecule has 2 atom stereocenters. The first kappa shape index (κ1) is 20.1. The van der Waals surface area contributed by atoms with E-state index in [1.54, 1.807) is 14.2 Å². The van der Waals surface area contributed by atoms with E-state index in [4.69, 9.17) is 18.9 Å². The van der Waals surface area contributed by atoms with Crippen molar-refractivity contribution in [2.24, 2.45) is 10.8 Å². The van der Waals surface area contributed by atoms with Crippen molar-refractivity contribution in [1.82, 2.24) is 0 Å². The molecule has 1 aliphatic carbocycles. The molecule has 1 saturated carbocycles. The van der Waals surface area contributed by atoms with Crippen molar-refractivity contribution in [3.63, 3.8) is 0 Å². The topological polar surface area (TPSA) is 36.9 Å². The van der Waals surface area contributed by atoms with Crippen molar-refractivity contribution < 1.29 is 18.9 Å². The van der Waals surface area contributed by atoms with Gasteiger partial charge in [0.15, 0.2) is 23.0 Å². The van der Waals surface area contributed by atoms with Crippen LogP contribution >= 0.6 is 0 Å². The molecule has 0 amide bonds. The van der Waals surface area contributed by atoms with Crippen LogP contribution < -0.4 is 14.2 Å². The van der Waals surface area contributed by atoms with E-state index in [-0.39, 0.29) is 11.5 Å². The zero-order valence-corrected chi connectivity index (χ0v) is 18.4. The number of benzene rings is 2. The van der Waals surface area contributed by atoms with Gasteiger partial charge in [-0.05, 0) is 59.6 Å². The van der Waals surface area contributed by atoms with E-state index in [1.165, 1.54) is 18.4 Å². The fourth-order valence-corrected chi connectivity index (χ4v) is 4.58. The van der Waals surface area contributed by atoms with Gasteiger partial charge in [-0.2, -0.15) is 0 Å². The van der Waals surface area contributed by atoms with Crippen LogP contribution in [-0.2, 0) is 4.74 Å². The fourth-order valence-electron chi connectivity index (χ4n) is 4.58. The predicted octanol–water partition coefficient (Wildman–Crippen LogP) is 6.50. The first-order valence-corrected chi connectivity index (χ1v) is 10.4. The normalized spacial score (nSPS) is 24.2. The van der Waals surface area contributed by atoms with E-state index in [2.05, 4.69) is 45.9 Å². The molecule has 4 heteroatoms. The van der Waals surface area contributed by atoms with Crippen LogP contribution in [0.4, 0.5) is 0 Å². The highest BCUT2D eigenvalue weighted by atomic mass is 16.5. The summed E-state index contributed by atoms with van der Waals surface area (Å²) < 4.78 is 23.4. The van der Waals surface area contributed by atoms with Crippen LogP contribution in [0.5, 0.6) is 23.0 Å². The summed E-state index contributed by atoms with van der Waals surface area (Å²) in [6.07, 6.45) is 2.54. The number of ether oxygens (including phenoxy) is 4. The molecule has 1 saturated heterocycles. The Labute approximate surface area is 174 Å². The zero-order valence-electron chi connectivity index (χ0n) is 18.4. The number of hydrogen-bond acceptors (Lipinski definition) is 4. The first-order valence-electron chi connectivity index (χ1n) is 10.4. The van der Waals surface area contributed by atoms with Gasteiger partial charge in [0.25, 0.3) is 0 Å². The Hall–Kier alpha value is -2.20. The minimum Gasteiger partial charge on any atom is -0.493 e. The molecule has 4 nitrogen and oxygen atoms in total. The highest BCUT2D eigenvalue weighted by Crippen LogP contribution is 2.53. The van der Waals surface area contributed by atoms with Crippen LogP contribution in [0.1, 0.15) is 63.7 Å². The molecule has 1 aliphatic heterocycles. The van der Waals surface area contributed by atoms with Gasteiger partial charge in [-0.1, -0.05) is 39.8 Å². The van der Waals surface area contributed by atoms with E-state index in [1.807, 2.05) is 18.2 Å². The summed E-state index contributed by atoms with van der Waals surface area (Å²) in [5.74, 6) is 3.37. The van der Waals surface area contributed by atoms with E-state index < -0.39 is 0 Å². The van der Waals surface area contributed by atoms with Gasteiger partial charge < -0.3 is 18.9 Å². The van der Waals surface area contributed by atoms with Gasteiger partial charge in [-0.25, -0.2) is 0 Å². The largest absolute Gasteiger partial charge is 0.493 e. The van der Waals surface area contributed by atoms with Gasteiger partial charge >= 0.3 is 0 Å². The van der Waals surface area contributed by atoms with Crippen LogP contribution in [0.3, 0.4) is 0 Å². The molecule has 0 aromatic heterocycles. The van der Waals surface area contributed by atoms with Gasteiger partial charge in [-0.15, -0.1) is 0 Å². The molecule has 4 rings (SSSR count). The maximum atomic E-state index is 6.37. The SMILES string of the molecule is COc1ccc(C2CCC2(C)C)cc1Oc1cc(C2OCC2(C)C)ccc1OC. The summed E-state index contributed by atoms with van der Waals surface area (Å²) in [5, 5.41) is 0. The molecule has 29 heavy (non-hydrogen) atoms. The van der Waals surface area contributed by atoms with Crippen LogP contribution in [0.25, 0.3) is 0 Å². The van der Waals surface area contributed by atoms with Gasteiger partial charge in [0.1, 0.15) is 0 Å². The van der Waals surface area contributed by atoms with Gasteiger partial charge in [0, 0.05) is 5.41 Å². The van der Waals surface area contributed by atoms with Crippen molar-refractivity contribution in [3.05, 3.63) is 47.5 Å². The second-order valence-electron chi connectivity index (χ2n) is 9.68. The van der Waals surface area contributed by atoms with Crippen molar-refractivity contribution in [3.8, 4) is 23.0 Å². The second kappa shape index (κ2) is 7.24. The van der Waals surface area contributed by atoms with Gasteiger partial charge in [0.2, 0.25) is 0 Å². The fraction of sp³-hybridized carbons (Fsp3) is 0.520. The number of rotatable bonds is 6. The zero-order chi connectivity index (χ0) is 20.8. The summed E-state index contributed by atoms with van der Waals surface area (Å²) in [6, 6.07) is 12.3. The Morgan fingerprint density at radius 2 is 1.38 bits per heavy atom. The molecule has 0 bridgehead atoms. The molecule has 2 unspecified atom stereocenters. The minimum atomic E-state index is 0.0692. The smallest absolute Gasteiger partial charge is 0.169 e. The summed E-state index contributed by atoms with van der Waals surface area (Å²) in [4.78, 5) is 0. The number of methoxy groups -OCH3 is 2. The molecule has 0 spiro atoms. The Balaban J connectivity index is 1.67. The van der Waals surface area contributed by atoms with E-state index in [9.17, 15) is 0 Å². The average molecular weight is 397 g/mol. The molecule has 2 aliphatic rings. The third-order valence-corrected chi connectivity index (χ3v) is 6.65. The summed E-state index contributed by atoms with van der Waals surface area (Å²) >= 11 is 0. The minimum absolute atomic E-state index is 0.0692. The molecule has 2 aromatic rings. The Morgan fingerprint density at radius 1 is 0.793 bits per heavy atom. The van der Waals surface area contributed by atoms with E-state index in [0.717, 1.165) is 23.7 Å². The highest BCUT2D eigenvalue weighted by molar-refractivity contribution is 5.51. The summed E-state index contributed by atoms with van der Waals surface area (Å²) in [6.45, 7) is 9.88. The third-order valence-electron chi connectivity index (χ3n) is 6.65. The van der Waals surface area contributed by atoms with Crippen molar-refractivity contribution in [2.45, 2.75) is 52.6 Å². The average Bonchev–Trinajstić information content (AvgIpc) is 2.67. The van der Waals surface area contributed by atoms with Gasteiger partial charge in [-0.3, -0.25) is 0 Å². The molecule has 2 fully saturated rings. The quantitative estimate of drug-likeness (QED) is 0.559. The van der Waals surface area contributed by atoms with Gasteiger partial charge in [0.05, 0.1) is 26.9 Å². The van der Waals surface area contributed by atoms with E-state index >= 15 is 0 Å². The Morgan fingerprint density at radius 3 is 1.79 bits per heavy atom. The van der Waals surface area contributed by atoms with Crippen LogP contribution in [0, 0.1) is 10.8 Å². The lowest BCUT2D eigenvalue weighted by Gasteiger charge is -2.45. The maximum absolute atomic E-state index is 6.37.